The zero-order valence-electron chi connectivity index (χ0n) is 10.2. The zero-order valence-corrected chi connectivity index (χ0v) is 10.2. The maximum absolute atomic E-state index is 12.8. The van der Waals surface area contributed by atoms with E-state index in [-0.39, 0.29) is 5.41 Å². The number of carbonyl (C=O) groups excluding carboxylic acids is 1. The summed E-state index contributed by atoms with van der Waals surface area (Å²) in [7, 11) is 0. The molecule has 0 aliphatic heterocycles. The standard InChI is InChI=1S/C16H18O/c1-16(15(17)10-5-3-2-4-6-10)13-7-8-14(16)12-9-11(12)13/h2-6,11-14H,7-9H2,1H3. The number of ketones is 1. The summed E-state index contributed by atoms with van der Waals surface area (Å²) in [6.07, 6.45) is 3.99. The highest BCUT2D eigenvalue weighted by Gasteiger charge is 2.70. The second-order valence-corrected chi connectivity index (χ2v) is 6.33. The number of benzene rings is 1. The molecule has 2 bridgehead atoms. The van der Waals surface area contributed by atoms with Crippen LogP contribution in [0.5, 0.6) is 0 Å². The van der Waals surface area contributed by atoms with Crippen molar-refractivity contribution in [1.82, 2.24) is 0 Å². The predicted molar refractivity (Wildman–Crippen MR) is 66.7 cm³/mol. The van der Waals surface area contributed by atoms with Gasteiger partial charge in [-0.1, -0.05) is 37.3 Å². The molecule has 0 heterocycles. The van der Waals surface area contributed by atoms with Gasteiger partial charge >= 0.3 is 0 Å². The second-order valence-electron chi connectivity index (χ2n) is 6.33. The van der Waals surface area contributed by atoms with Crippen molar-refractivity contribution in [3.8, 4) is 0 Å². The smallest absolute Gasteiger partial charge is 0.169 e. The van der Waals surface area contributed by atoms with Crippen molar-refractivity contribution in [2.45, 2.75) is 26.2 Å². The van der Waals surface area contributed by atoms with E-state index in [1.165, 1.54) is 19.3 Å². The third kappa shape index (κ3) is 1.08. The fourth-order valence-corrected chi connectivity index (χ4v) is 4.95. The normalized spacial score (nSPS) is 45.7. The fourth-order valence-electron chi connectivity index (χ4n) is 4.95. The van der Waals surface area contributed by atoms with Crippen LogP contribution in [-0.2, 0) is 0 Å². The summed E-state index contributed by atoms with van der Waals surface area (Å²) in [5, 5.41) is 0. The zero-order chi connectivity index (χ0) is 11.6. The van der Waals surface area contributed by atoms with Crippen molar-refractivity contribution in [1.29, 1.82) is 0 Å². The van der Waals surface area contributed by atoms with Gasteiger partial charge in [0.05, 0.1) is 0 Å². The van der Waals surface area contributed by atoms with Gasteiger partial charge in [0.15, 0.2) is 5.78 Å². The molecule has 4 atom stereocenters. The third-order valence-corrected chi connectivity index (χ3v) is 5.78. The van der Waals surface area contributed by atoms with Crippen LogP contribution in [0.4, 0.5) is 0 Å². The Hall–Kier alpha value is -1.11. The van der Waals surface area contributed by atoms with Crippen LogP contribution in [0.15, 0.2) is 30.3 Å². The molecular formula is C16H18O. The van der Waals surface area contributed by atoms with Crippen LogP contribution in [0.2, 0.25) is 0 Å². The van der Waals surface area contributed by atoms with E-state index in [9.17, 15) is 4.79 Å². The molecule has 3 aliphatic carbocycles. The number of hydrogen-bond acceptors (Lipinski definition) is 1. The molecule has 17 heavy (non-hydrogen) atoms. The lowest BCUT2D eigenvalue weighted by molar-refractivity contribution is 0.0699. The van der Waals surface area contributed by atoms with Gasteiger partial charge < -0.3 is 0 Å². The van der Waals surface area contributed by atoms with E-state index in [0.717, 1.165) is 17.4 Å². The molecular weight excluding hydrogens is 208 g/mol. The molecule has 0 radical (unpaired) electrons. The fraction of sp³-hybridized carbons (Fsp3) is 0.562. The molecule has 3 aliphatic rings. The minimum Gasteiger partial charge on any atom is -0.294 e. The molecule has 4 unspecified atom stereocenters. The Morgan fingerprint density at radius 2 is 1.71 bits per heavy atom. The van der Waals surface area contributed by atoms with Crippen LogP contribution < -0.4 is 0 Å². The second kappa shape index (κ2) is 3.01. The van der Waals surface area contributed by atoms with E-state index >= 15 is 0 Å². The molecule has 3 fully saturated rings. The molecule has 1 aromatic carbocycles. The van der Waals surface area contributed by atoms with E-state index < -0.39 is 0 Å². The lowest BCUT2D eigenvalue weighted by Crippen LogP contribution is -2.35. The summed E-state index contributed by atoms with van der Waals surface area (Å²) >= 11 is 0. The summed E-state index contributed by atoms with van der Waals surface area (Å²) in [4.78, 5) is 12.8. The molecule has 0 aromatic heterocycles. The van der Waals surface area contributed by atoms with Crippen LogP contribution in [0.3, 0.4) is 0 Å². The van der Waals surface area contributed by atoms with Crippen molar-refractivity contribution in [2.24, 2.45) is 29.1 Å². The lowest BCUT2D eigenvalue weighted by Gasteiger charge is -2.31. The lowest BCUT2D eigenvalue weighted by atomic mass is 9.70. The topological polar surface area (TPSA) is 17.1 Å². The Morgan fingerprint density at radius 3 is 2.29 bits per heavy atom. The van der Waals surface area contributed by atoms with Gasteiger partial charge in [0, 0.05) is 11.0 Å². The van der Waals surface area contributed by atoms with E-state index in [0.29, 0.717) is 17.6 Å². The maximum atomic E-state index is 12.8. The monoisotopic (exact) mass is 226 g/mol. The highest BCUT2D eigenvalue weighted by molar-refractivity contribution is 6.01. The Bertz CT molecular complexity index is 460. The Balaban J connectivity index is 1.74. The first-order valence-corrected chi connectivity index (χ1v) is 6.83. The van der Waals surface area contributed by atoms with Gasteiger partial charge in [-0.05, 0) is 42.9 Å². The molecule has 0 amide bonds. The molecule has 4 rings (SSSR count). The average molecular weight is 226 g/mol. The van der Waals surface area contributed by atoms with Crippen LogP contribution in [0.25, 0.3) is 0 Å². The highest BCUT2D eigenvalue weighted by Crippen LogP contribution is 2.73. The quantitative estimate of drug-likeness (QED) is 0.705. The van der Waals surface area contributed by atoms with Gasteiger partial charge in [0.2, 0.25) is 0 Å². The minimum absolute atomic E-state index is 0.0328. The SMILES string of the molecule is CC1(C(=O)c2ccccc2)C2CCC1C1CC12. The van der Waals surface area contributed by atoms with Gasteiger partial charge in [-0.15, -0.1) is 0 Å². The first-order valence-electron chi connectivity index (χ1n) is 6.83. The number of fused-ring (bicyclic) bond motifs is 5. The number of carbonyl (C=O) groups is 1. The van der Waals surface area contributed by atoms with Gasteiger partial charge in [0.1, 0.15) is 0 Å². The van der Waals surface area contributed by atoms with Gasteiger partial charge in [0.25, 0.3) is 0 Å². The Kier molecular flexibility index (Phi) is 1.75. The molecule has 1 aromatic rings. The van der Waals surface area contributed by atoms with E-state index in [1.807, 2.05) is 30.3 Å². The molecule has 1 heteroatoms. The van der Waals surface area contributed by atoms with Crippen molar-refractivity contribution in [3.63, 3.8) is 0 Å². The minimum atomic E-state index is -0.0328. The van der Waals surface area contributed by atoms with Crippen molar-refractivity contribution < 1.29 is 4.79 Å². The summed E-state index contributed by atoms with van der Waals surface area (Å²) in [5.41, 5.74) is 0.891. The van der Waals surface area contributed by atoms with Crippen molar-refractivity contribution in [3.05, 3.63) is 35.9 Å². The van der Waals surface area contributed by atoms with Gasteiger partial charge in [-0.3, -0.25) is 4.79 Å². The van der Waals surface area contributed by atoms with E-state index in [4.69, 9.17) is 0 Å². The Morgan fingerprint density at radius 1 is 1.12 bits per heavy atom. The van der Waals surface area contributed by atoms with Crippen LogP contribution >= 0.6 is 0 Å². The van der Waals surface area contributed by atoms with E-state index in [1.54, 1.807) is 0 Å². The molecule has 1 nitrogen and oxygen atoms in total. The predicted octanol–water partition coefficient (Wildman–Crippen LogP) is 3.55. The largest absolute Gasteiger partial charge is 0.294 e. The summed E-state index contributed by atoms with van der Waals surface area (Å²) in [6, 6.07) is 9.91. The van der Waals surface area contributed by atoms with Crippen molar-refractivity contribution in [2.75, 3.05) is 0 Å². The van der Waals surface area contributed by atoms with Crippen LogP contribution in [0.1, 0.15) is 36.5 Å². The summed E-state index contributed by atoms with van der Waals surface area (Å²) in [6.45, 7) is 2.25. The maximum Gasteiger partial charge on any atom is 0.169 e. The molecule has 0 saturated heterocycles. The first kappa shape index (κ1) is 9.87. The number of rotatable bonds is 2. The average Bonchev–Trinajstić information content (AvgIpc) is 3.06. The van der Waals surface area contributed by atoms with E-state index in [2.05, 4.69) is 6.92 Å². The molecule has 88 valence electrons. The van der Waals surface area contributed by atoms with Gasteiger partial charge in [-0.2, -0.15) is 0 Å². The highest BCUT2D eigenvalue weighted by atomic mass is 16.1. The molecule has 0 N–H and O–H groups in total. The third-order valence-electron chi connectivity index (χ3n) is 5.78. The molecule has 0 spiro atoms. The van der Waals surface area contributed by atoms with Crippen molar-refractivity contribution >= 4 is 5.78 Å². The first-order chi connectivity index (χ1) is 8.23. The number of hydrogen-bond donors (Lipinski definition) is 0. The molecule has 3 saturated carbocycles. The number of Topliss-reactive ketones (excluding diaryl/α,β-unsaturated/α-hetero) is 1. The Labute approximate surface area is 102 Å². The van der Waals surface area contributed by atoms with Gasteiger partial charge in [-0.25, -0.2) is 0 Å². The van der Waals surface area contributed by atoms with Crippen LogP contribution in [0, 0.1) is 29.1 Å². The summed E-state index contributed by atoms with van der Waals surface area (Å²) in [5.74, 6) is 3.58. The summed E-state index contributed by atoms with van der Waals surface area (Å²) < 4.78 is 0. The van der Waals surface area contributed by atoms with Crippen LogP contribution in [-0.4, -0.2) is 5.78 Å².